The number of ether oxygens (including phenoxy) is 2. The zero-order chi connectivity index (χ0) is 12.1. The molecule has 17 heavy (non-hydrogen) atoms. The minimum Gasteiger partial charge on any atom is -0.473 e. The van der Waals surface area contributed by atoms with Gasteiger partial charge in [0.2, 0.25) is 0 Å². The topological polar surface area (TPSA) is 49.2 Å². The first-order valence-electron chi connectivity index (χ1n) is 5.54. The van der Waals surface area contributed by atoms with Crippen molar-refractivity contribution in [2.45, 2.75) is 19.8 Å². The van der Waals surface area contributed by atoms with Gasteiger partial charge in [0.15, 0.2) is 0 Å². The quantitative estimate of drug-likeness (QED) is 0.743. The summed E-state index contributed by atoms with van der Waals surface area (Å²) in [4.78, 5) is 0. The van der Waals surface area contributed by atoms with Gasteiger partial charge in [0.1, 0.15) is 5.75 Å². The number of hydrogen-bond donors (Lipinski definition) is 0. The molecule has 0 N–H and O–H groups in total. The van der Waals surface area contributed by atoms with Crippen molar-refractivity contribution in [2.24, 2.45) is 7.05 Å². The molecule has 0 spiro atoms. The van der Waals surface area contributed by atoms with E-state index in [0.29, 0.717) is 18.4 Å². The van der Waals surface area contributed by atoms with Gasteiger partial charge in [-0.2, -0.15) is 0 Å². The van der Waals surface area contributed by atoms with Crippen molar-refractivity contribution in [1.29, 1.82) is 0 Å². The predicted molar refractivity (Wildman–Crippen MR) is 65.8 cm³/mol. The van der Waals surface area contributed by atoms with E-state index in [1.807, 2.05) is 30.1 Å². The van der Waals surface area contributed by atoms with Gasteiger partial charge >= 0.3 is 0 Å². The summed E-state index contributed by atoms with van der Waals surface area (Å²) in [7, 11) is 1.94. The third-order valence-corrected chi connectivity index (χ3v) is 2.68. The van der Waals surface area contributed by atoms with Crippen LogP contribution in [0.3, 0.4) is 0 Å². The van der Waals surface area contributed by atoms with Gasteiger partial charge in [-0.1, -0.05) is 13.3 Å². The van der Waals surface area contributed by atoms with Crippen LogP contribution in [0, 0.1) is 0 Å². The molecule has 5 nitrogen and oxygen atoms in total. The second kappa shape index (κ2) is 5.67. The molecule has 0 amide bonds. The van der Waals surface area contributed by atoms with Crippen LogP contribution in [0.2, 0.25) is 0 Å². The monoisotopic (exact) mass is 253 g/mol. The molecular formula is C11H15N3O2S. The van der Waals surface area contributed by atoms with E-state index in [1.54, 1.807) is 0 Å². The molecule has 6 heteroatoms. The molecule has 0 radical (unpaired) electrons. The summed E-state index contributed by atoms with van der Waals surface area (Å²) in [5.41, 5.74) is 0. The summed E-state index contributed by atoms with van der Waals surface area (Å²) < 4.78 is 21.1. The molecule has 2 aromatic heterocycles. The van der Waals surface area contributed by atoms with Gasteiger partial charge in [-0.3, -0.25) is 0 Å². The van der Waals surface area contributed by atoms with Gasteiger partial charge in [-0.25, -0.2) is 0 Å². The Morgan fingerprint density at radius 1 is 1.35 bits per heavy atom. The Kier molecular flexibility index (Phi) is 3.98. The highest BCUT2D eigenvalue weighted by molar-refractivity contribution is 6.99. The van der Waals surface area contributed by atoms with Crippen molar-refractivity contribution in [3.8, 4) is 17.5 Å². The summed E-state index contributed by atoms with van der Waals surface area (Å²) in [6.07, 6.45) is 5.87. The minimum atomic E-state index is 0.442. The Morgan fingerprint density at radius 3 is 2.88 bits per heavy atom. The largest absolute Gasteiger partial charge is 0.473 e. The molecule has 0 aliphatic rings. The van der Waals surface area contributed by atoms with E-state index in [4.69, 9.17) is 9.47 Å². The molecule has 2 aromatic rings. The Hall–Kier alpha value is -1.56. The van der Waals surface area contributed by atoms with Crippen molar-refractivity contribution in [1.82, 2.24) is 13.3 Å². The maximum atomic E-state index is 5.59. The third-order valence-electron chi connectivity index (χ3n) is 2.19. The molecule has 0 fully saturated rings. The lowest BCUT2D eigenvalue weighted by Gasteiger charge is -2.03. The second-order valence-electron chi connectivity index (χ2n) is 3.69. The smallest absolute Gasteiger partial charge is 0.296 e. The van der Waals surface area contributed by atoms with Crippen LogP contribution in [0.5, 0.6) is 17.5 Å². The van der Waals surface area contributed by atoms with Crippen LogP contribution in [0.15, 0.2) is 18.5 Å². The zero-order valence-electron chi connectivity index (χ0n) is 9.92. The number of nitrogens with zero attached hydrogens (tertiary/aromatic N) is 3. The maximum absolute atomic E-state index is 5.59. The van der Waals surface area contributed by atoms with Crippen molar-refractivity contribution in [3.63, 3.8) is 0 Å². The molecule has 0 unspecified atom stereocenters. The first kappa shape index (κ1) is 11.9. The predicted octanol–water partition coefficient (Wildman–Crippen LogP) is 2.85. The summed E-state index contributed by atoms with van der Waals surface area (Å²) >= 11 is 1.09. The minimum absolute atomic E-state index is 0.442. The molecule has 2 heterocycles. The Labute approximate surface area is 104 Å². The van der Waals surface area contributed by atoms with Crippen LogP contribution in [0.1, 0.15) is 19.8 Å². The van der Waals surface area contributed by atoms with Crippen molar-refractivity contribution in [2.75, 3.05) is 6.61 Å². The van der Waals surface area contributed by atoms with Crippen molar-refractivity contribution < 1.29 is 9.47 Å². The van der Waals surface area contributed by atoms with Crippen molar-refractivity contribution in [3.05, 3.63) is 18.5 Å². The first-order chi connectivity index (χ1) is 8.29. The van der Waals surface area contributed by atoms with Crippen LogP contribution in [-0.2, 0) is 7.05 Å². The Morgan fingerprint density at radius 2 is 2.18 bits per heavy atom. The lowest BCUT2D eigenvalue weighted by molar-refractivity contribution is 0.285. The summed E-state index contributed by atoms with van der Waals surface area (Å²) in [6.45, 7) is 2.76. The molecule has 0 aromatic carbocycles. The molecule has 2 rings (SSSR count). The lowest BCUT2D eigenvalue weighted by atomic mass is 10.4. The Balaban J connectivity index is 1.98. The molecular weight excluding hydrogens is 238 g/mol. The van der Waals surface area contributed by atoms with Crippen LogP contribution in [-0.4, -0.2) is 19.9 Å². The van der Waals surface area contributed by atoms with E-state index < -0.39 is 0 Å². The Bertz CT molecular complexity index is 467. The molecule has 0 atom stereocenters. The fourth-order valence-corrected chi connectivity index (χ4v) is 1.72. The number of rotatable bonds is 6. The summed E-state index contributed by atoms with van der Waals surface area (Å²) in [6, 6.07) is 1.87. The maximum Gasteiger partial charge on any atom is 0.296 e. The fraction of sp³-hybridized carbons (Fsp3) is 0.455. The lowest BCUT2D eigenvalue weighted by Crippen LogP contribution is -1.98. The van der Waals surface area contributed by atoms with Gasteiger partial charge in [0, 0.05) is 19.4 Å². The van der Waals surface area contributed by atoms with E-state index in [1.165, 1.54) is 0 Å². The van der Waals surface area contributed by atoms with Gasteiger partial charge in [-0.15, -0.1) is 8.75 Å². The van der Waals surface area contributed by atoms with E-state index in [-0.39, 0.29) is 0 Å². The normalized spacial score (nSPS) is 10.5. The molecule has 0 saturated carbocycles. The average Bonchev–Trinajstić information content (AvgIpc) is 2.90. The number of aromatic nitrogens is 3. The second-order valence-corrected chi connectivity index (χ2v) is 4.22. The highest BCUT2D eigenvalue weighted by Gasteiger charge is 2.12. The van der Waals surface area contributed by atoms with E-state index in [2.05, 4.69) is 15.7 Å². The number of hydrogen-bond acceptors (Lipinski definition) is 5. The SMILES string of the molecule is CCCCOc1nsnc1Oc1ccn(C)c1. The standard InChI is InChI=1S/C11H15N3O2S/c1-3-4-7-15-10-11(13-17-12-10)16-9-5-6-14(2)8-9/h5-6,8H,3-4,7H2,1-2H3. The van der Waals surface area contributed by atoms with E-state index >= 15 is 0 Å². The first-order valence-corrected chi connectivity index (χ1v) is 6.28. The molecule has 0 saturated heterocycles. The average molecular weight is 253 g/mol. The van der Waals surface area contributed by atoms with Gasteiger partial charge in [-0.05, 0) is 12.5 Å². The molecule has 0 aliphatic carbocycles. The van der Waals surface area contributed by atoms with Gasteiger partial charge < -0.3 is 14.0 Å². The molecule has 92 valence electrons. The third kappa shape index (κ3) is 3.20. The van der Waals surface area contributed by atoms with Gasteiger partial charge in [0.05, 0.1) is 18.3 Å². The van der Waals surface area contributed by atoms with Crippen LogP contribution < -0.4 is 9.47 Å². The number of unbranched alkanes of at least 4 members (excludes halogenated alkanes) is 1. The molecule has 0 aliphatic heterocycles. The van der Waals surface area contributed by atoms with Crippen LogP contribution in [0.25, 0.3) is 0 Å². The van der Waals surface area contributed by atoms with Crippen molar-refractivity contribution >= 4 is 11.7 Å². The van der Waals surface area contributed by atoms with E-state index in [9.17, 15) is 0 Å². The zero-order valence-corrected chi connectivity index (χ0v) is 10.7. The van der Waals surface area contributed by atoms with Gasteiger partial charge in [0.25, 0.3) is 11.8 Å². The molecule has 0 bridgehead atoms. The fourth-order valence-electron chi connectivity index (χ4n) is 1.29. The highest BCUT2D eigenvalue weighted by atomic mass is 32.1. The van der Waals surface area contributed by atoms with Crippen LogP contribution in [0.4, 0.5) is 0 Å². The van der Waals surface area contributed by atoms with E-state index in [0.717, 1.165) is 30.3 Å². The van der Waals surface area contributed by atoms with Crippen LogP contribution >= 0.6 is 11.7 Å². The summed E-state index contributed by atoms with van der Waals surface area (Å²) in [5.74, 6) is 1.66. The summed E-state index contributed by atoms with van der Waals surface area (Å²) in [5, 5.41) is 0. The highest BCUT2D eigenvalue weighted by Crippen LogP contribution is 2.29. The number of aryl methyl sites for hydroxylation is 1.